The Bertz CT molecular complexity index is 2580. The summed E-state index contributed by atoms with van der Waals surface area (Å²) in [6.07, 6.45) is 7.67. The maximum atomic E-state index is 12.4. The lowest BCUT2D eigenvalue weighted by molar-refractivity contribution is -0.438. The Hall–Kier alpha value is -3.46. The van der Waals surface area contributed by atoms with Gasteiger partial charge in [0.25, 0.3) is 40.5 Å². The predicted molar refractivity (Wildman–Crippen MR) is 246 cm³/mol. The summed E-state index contributed by atoms with van der Waals surface area (Å²) in [5, 5.41) is 0. The molecule has 370 valence electrons. The second-order valence-electron chi connectivity index (χ2n) is 16.7. The van der Waals surface area contributed by atoms with E-state index in [9.17, 15) is 56.7 Å². The molecule has 2 aliphatic rings. The third-order valence-corrected chi connectivity index (χ3v) is 15.0. The van der Waals surface area contributed by atoms with E-state index < -0.39 is 62.8 Å². The van der Waals surface area contributed by atoms with Crippen LogP contribution in [0.5, 0.6) is 0 Å². The Morgan fingerprint density at radius 2 is 1.21 bits per heavy atom. The summed E-state index contributed by atoms with van der Waals surface area (Å²) in [5.41, 5.74) is 1.03. The van der Waals surface area contributed by atoms with E-state index in [1.54, 1.807) is 45.3 Å². The summed E-state index contributed by atoms with van der Waals surface area (Å²) < 4.78 is 161. The fourth-order valence-electron chi connectivity index (χ4n) is 8.50. The van der Waals surface area contributed by atoms with Crippen molar-refractivity contribution in [3.8, 4) is 0 Å². The molecule has 0 bridgehead atoms. The average Bonchev–Trinajstić information content (AvgIpc) is 3.57. The molecule has 2 aromatic carbocycles. The number of hydrogen-bond acceptors (Lipinski definition) is 14. The lowest BCUT2D eigenvalue weighted by Crippen LogP contribution is -2.32. The molecule has 0 fully saturated rings. The van der Waals surface area contributed by atoms with Crippen LogP contribution in [-0.4, -0.2) is 146 Å². The lowest BCUT2D eigenvalue weighted by atomic mass is 9.75. The first-order valence-electron chi connectivity index (χ1n) is 21.5. The van der Waals surface area contributed by atoms with Gasteiger partial charge in [-0.3, -0.25) is 18.2 Å². The Morgan fingerprint density at radius 1 is 0.682 bits per heavy atom. The van der Waals surface area contributed by atoms with Crippen LogP contribution in [0.1, 0.15) is 83.3 Å². The van der Waals surface area contributed by atoms with E-state index in [2.05, 4.69) is 0 Å². The minimum Gasteiger partial charge on any atom is -0.382 e. The van der Waals surface area contributed by atoms with Gasteiger partial charge in [-0.1, -0.05) is 6.08 Å². The van der Waals surface area contributed by atoms with Gasteiger partial charge >= 0.3 is 0 Å². The Labute approximate surface area is 388 Å². The Morgan fingerprint density at radius 3 is 1.76 bits per heavy atom. The number of unbranched alkanes of at least 4 members (excludes halogenated alkanes) is 2. The molecular formula is C43H63N2O17S4+. The van der Waals surface area contributed by atoms with Gasteiger partial charge in [-0.2, -0.15) is 38.2 Å². The van der Waals surface area contributed by atoms with Gasteiger partial charge in [-0.15, -0.1) is 0 Å². The van der Waals surface area contributed by atoms with Gasteiger partial charge in [-0.05, 0) is 101 Å². The smallest absolute Gasteiger partial charge is 0.294 e. The number of ether oxygens (including phenoxy) is 4. The van der Waals surface area contributed by atoms with Gasteiger partial charge < -0.3 is 28.6 Å². The maximum absolute atomic E-state index is 12.4. The average molecular weight is 1010 g/mol. The van der Waals surface area contributed by atoms with E-state index in [0.717, 1.165) is 0 Å². The number of benzene rings is 2. The fraction of sp³-hybridized carbons (Fsp3) is 0.581. The summed E-state index contributed by atoms with van der Waals surface area (Å²) in [6.45, 7) is 7.96. The highest BCUT2D eigenvalue weighted by molar-refractivity contribution is 7.86. The highest BCUT2D eigenvalue weighted by Crippen LogP contribution is 2.51. The molecule has 0 saturated heterocycles. The minimum atomic E-state index is -4.68. The number of nitrogens with zero attached hydrogens (tertiary/aromatic N) is 2. The Balaban J connectivity index is 1.83. The van der Waals surface area contributed by atoms with Crippen molar-refractivity contribution < 1.29 is 80.2 Å². The highest BCUT2D eigenvalue weighted by Gasteiger charge is 2.48. The second kappa shape index (κ2) is 23.7. The second-order valence-corrected chi connectivity index (χ2v) is 22.7. The predicted octanol–water partition coefficient (Wildman–Crippen LogP) is 4.94. The first-order valence-corrected chi connectivity index (χ1v) is 27.6. The van der Waals surface area contributed by atoms with Crippen molar-refractivity contribution in [3.05, 3.63) is 71.5 Å². The third kappa shape index (κ3) is 15.5. The number of allylic oxidation sites excluding steroid dienone is 4. The van der Waals surface area contributed by atoms with E-state index in [4.69, 9.17) is 18.9 Å². The molecule has 2 heterocycles. The number of fused-ring (bicyclic) bond motifs is 2. The molecule has 0 aliphatic carbocycles. The van der Waals surface area contributed by atoms with Gasteiger partial charge in [0.15, 0.2) is 5.71 Å². The standard InChI is InChI=1S/C43H62N2O17S4/c1-33(46)11-6-5-7-20-44-38-16-14-34(65(53,54)55)31-36(38)42(2,18-9-29-63(47,48)49)40(44)12-8-13-41-43(3,19-10-30-64(50,51)52)37-32-35(66(56,57)58)15-17-39(37)45(41)21-22-60-25-26-62-28-27-61-24-23-59-4/h8,12-17,31-32H,5-7,9-11,18-30H2,1-4H3,(H3-,47,48,49,50,51,52,53,54,55,56,57,58)/p+1. The normalized spacial score (nSPS) is 19.6. The summed E-state index contributed by atoms with van der Waals surface area (Å²) in [5.74, 6) is -1.13. The molecule has 66 heavy (non-hydrogen) atoms. The molecule has 0 aromatic heterocycles. The number of anilines is 1. The number of Topliss-reactive ketones (excluding diaryl/α,β-unsaturated/α-hetero) is 1. The first-order chi connectivity index (χ1) is 30.8. The van der Waals surface area contributed by atoms with E-state index in [1.165, 1.54) is 37.3 Å². The summed E-state index contributed by atoms with van der Waals surface area (Å²) in [4.78, 5) is 12.8. The van der Waals surface area contributed by atoms with Crippen molar-refractivity contribution >= 4 is 63.3 Å². The Kier molecular flexibility index (Phi) is 19.8. The molecule has 0 saturated carbocycles. The number of methoxy groups -OCH3 is 1. The molecule has 0 spiro atoms. The van der Waals surface area contributed by atoms with Crippen LogP contribution in [0, 0.1) is 0 Å². The summed E-state index contributed by atoms with van der Waals surface area (Å²) in [6, 6.07) is 8.28. The minimum absolute atomic E-state index is 0.0337. The summed E-state index contributed by atoms with van der Waals surface area (Å²) in [7, 11) is -16.6. The van der Waals surface area contributed by atoms with Crippen LogP contribution in [0.3, 0.4) is 0 Å². The lowest BCUT2D eigenvalue weighted by Gasteiger charge is -2.30. The zero-order valence-electron chi connectivity index (χ0n) is 37.8. The van der Waals surface area contributed by atoms with Crippen molar-refractivity contribution in [2.75, 3.05) is 82.9 Å². The topological polar surface area (TPSA) is 278 Å². The molecule has 4 N–H and O–H groups in total. The van der Waals surface area contributed by atoms with E-state index in [0.29, 0.717) is 92.6 Å². The first kappa shape index (κ1) is 55.1. The zero-order chi connectivity index (χ0) is 49.0. The van der Waals surface area contributed by atoms with E-state index >= 15 is 0 Å². The molecule has 4 rings (SSSR count). The molecule has 2 aromatic rings. The zero-order valence-corrected chi connectivity index (χ0v) is 41.0. The highest BCUT2D eigenvalue weighted by atomic mass is 32.2. The van der Waals surface area contributed by atoms with E-state index in [-0.39, 0.29) is 67.6 Å². The SMILES string of the molecule is COCCOCCOCCOCCN1/C(=C/C=C/C2=[N+](CCCCCC(C)=O)c3ccc(S(=O)(=O)O)cc3C2(C)CCCS(=O)(=O)O)C(C)(CCCS(=O)(=O)O)c2cc(S(=O)(=O)O)ccc21. The number of ketones is 1. The van der Waals surface area contributed by atoms with Crippen LogP contribution in [0.25, 0.3) is 0 Å². The van der Waals surface area contributed by atoms with Crippen molar-refractivity contribution in [2.45, 2.75) is 92.8 Å². The quantitative estimate of drug-likeness (QED) is 0.0458. The number of carbonyl (C=O) groups excluding carboxylic acids is 1. The monoisotopic (exact) mass is 1010 g/mol. The molecule has 2 aliphatic heterocycles. The van der Waals surface area contributed by atoms with Crippen LogP contribution < -0.4 is 4.90 Å². The maximum Gasteiger partial charge on any atom is 0.294 e. The number of carbonyl (C=O) groups is 1. The molecule has 0 amide bonds. The molecule has 23 heteroatoms. The molecule has 0 radical (unpaired) electrons. The molecular weight excluding hydrogens is 945 g/mol. The van der Waals surface area contributed by atoms with Gasteiger partial charge in [0.2, 0.25) is 5.69 Å². The van der Waals surface area contributed by atoms with Gasteiger partial charge in [-0.25, -0.2) is 0 Å². The largest absolute Gasteiger partial charge is 0.382 e. The van der Waals surface area contributed by atoms with Crippen molar-refractivity contribution in [2.24, 2.45) is 0 Å². The van der Waals surface area contributed by atoms with Crippen LogP contribution in [0.2, 0.25) is 0 Å². The van der Waals surface area contributed by atoms with Crippen LogP contribution in [-0.2, 0) is 75.0 Å². The van der Waals surface area contributed by atoms with Gasteiger partial charge in [0.1, 0.15) is 12.3 Å². The molecule has 2 unspecified atom stereocenters. The van der Waals surface area contributed by atoms with Gasteiger partial charge in [0.05, 0.1) is 73.0 Å². The summed E-state index contributed by atoms with van der Waals surface area (Å²) >= 11 is 0. The molecule has 19 nitrogen and oxygen atoms in total. The molecule has 2 atom stereocenters. The van der Waals surface area contributed by atoms with Crippen molar-refractivity contribution in [3.63, 3.8) is 0 Å². The fourth-order valence-corrected chi connectivity index (χ4v) is 10.5. The van der Waals surface area contributed by atoms with Crippen molar-refractivity contribution in [1.29, 1.82) is 0 Å². The van der Waals surface area contributed by atoms with Crippen LogP contribution in [0.4, 0.5) is 11.4 Å². The third-order valence-electron chi connectivity index (χ3n) is 11.7. The van der Waals surface area contributed by atoms with Crippen molar-refractivity contribution in [1.82, 2.24) is 0 Å². The van der Waals surface area contributed by atoms with E-state index in [1.807, 2.05) is 9.48 Å². The van der Waals surface area contributed by atoms with Gasteiger partial charge in [0, 0.05) is 61.0 Å². The number of rotatable bonds is 30. The van der Waals surface area contributed by atoms with Crippen LogP contribution >= 0.6 is 0 Å². The number of hydrogen-bond donors (Lipinski definition) is 4. The van der Waals surface area contributed by atoms with Crippen LogP contribution in [0.15, 0.2) is 70.1 Å².